The maximum atomic E-state index is 6.18. The number of hydrogen-bond donors (Lipinski definition) is 0. The summed E-state index contributed by atoms with van der Waals surface area (Å²) in [5, 5.41) is 0. The average Bonchev–Trinajstić information content (AvgIpc) is 1.83. The van der Waals surface area contributed by atoms with E-state index in [0.29, 0.717) is 0 Å². The monoisotopic (exact) mass is 178 g/mol. The Labute approximate surface area is 72.8 Å². The number of methoxy groups -OCH3 is 1. The fourth-order valence-electron chi connectivity index (χ4n) is 1.52. The lowest BCUT2D eigenvalue weighted by molar-refractivity contribution is -0.182. The van der Waals surface area contributed by atoms with Crippen LogP contribution >= 0.6 is 11.6 Å². The average molecular weight is 179 g/mol. The third-order valence-electron chi connectivity index (χ3n) is 1.95. The first kappa shape index (κ1) is 9.30. The van der Waals surface area contributed by atoms with Gasteiger partial charge in [-0.3, -0.25) is 0 Å². The molecular formula is C8H15ClO2. The van der Waals surface area contributed by atoms with Crippen LogP contribution in [0.4, 0.5) is 0 Å². The molecule has 3 heteroatoms. The molecule has 66 valence electrons. The summed E-state index contributed by atoms with van der Waals surface area (Å²) in [6.45, 7) is 4.05. The standard InChI is InChI=1S/C8H15ClO2/c1-6-4-8(2,9)5-7(10-3)11-6/h6-7H,4-5H2,1-3H3/t6-,7+,8+/m1/s1. The molecular weight excluding hydrogens is 164 g/mol. The summed E-state index contributed by atoms with van der Waals surface area (Å²) in [6.07, 6.45) is 1.75. The van der Waals surface area contributed by atoms with Gasteiger partial charge in [0.05, 0.1) is 6.10 Å². The molecule has 0 aromatic heterocycles. The van der Waals surface area contributed by atoms with Crippen molar-refractivity contribution in [3.05, 3.63) is 0 Å². The van der Waals surface area contributed by atoms with Crippen LogP contribution in [0.1, 0.15) is 26.7 Å². The van der Waals surface area contributed by atoms with E-state index in [4.69, 9.17) is 21.1 Å². The molecule has 11 heavy (non-hydrogen) atoms. The van der Waals surface area contributed by atoms with Gasteiger partial charge in [0.1, 0.15) is 0 Å². The molecule has 0 aromatic rings. The molecule has 1 saturated heterocycles. The number of rotatable bonds is 1. The fraction of sp³-hybridized carbons (Fsp3) is 1.00. The third-order valence-corrected chi connectivity index (χ3v) is 2.26. The highest BCUT2D eigenvalue weighted by molar-refractivity contribution is 6.23. The highest BCUT2D eigenvalue weighted by atomic mass is 35.5. The Kier molecular flexibility index (Phi) is 2.79. The SMILES string of the molecule is CO[C@@H]1C[C@@](C)(Cl)C[C@@H](C)O1. The summed E-state index contributed by atoms with van der Waals surface area (Å²) in [5.41, 5.74) is 0. The van der Waals surface area contributed by atoms with Gasteiger partial charge < -0.3 is 9.47 Å². The lowest BCUT2D eigenvalue weighted by Crippen LogP contribution is -2.39. The second-order valence-corrected chi connectivity index (χ2v) is 4.35. The number of hydrogen-bond acceptors (Lipinski definition) is 2. The normalized spacial score (nSPS) is 45.8. The predicted molar refractivity (Wildman–Crippen MR) is 44.8 cm³/mol. The first-order valence-electron chi connectivity index (χ1n) is 3.91. The Morgan fingerprint density at radius 1 is 1.55 bits per heavy atom. The zero-order valence-electron chi connectivity index (χ0n) is 7.26. The predicted octanol–water partition coefficient (Wildman–Crippen LogP) is 2.16. The molecule has 0 amide bonds. The van der Waals surface area contributed by atoms with Gasteiger partial charge in [0, 0.05) is 18.4 Å². The van der Waals surface area contributed by atoms with Crippen molar-refractivity contribution in [3.63, 3.8) is 0 Å². The molecule has 0 aliphatic carbocycles. The van der Waals surface area contributed by atoms with Gasteiger partial charge >= 0.3 is 0 Å². The molecule has 2 nitrogen and oxygen atoms in total. The lowest BCUT2D eigenvalue weighted by Gasteiger charge is -2.36. The fourth-order valence-corrected chi connectivity index (χ4v) is 1.87. The van der Waals surface area contributed by atoms with E-state index in [0.717, 1.165) is 12.8 Å². The lowest BCUT2D eigenvalue weighted by atomic mass is 9.96. The zero-order chi connectivity index (χ0) is 8.48. The van der Waals surface area contributed by atoms with Gasteiger partial charge in [0.15, 0.2) is 6.29 Å². The van der Waals surface area contributed by atoms with E-state index in [1.165, 1.54) is 0 Å². The molecule has 0 saturated carbocycles. The molecule has 0 bridgehead atoms. The van der Waals surface area contributed by atoms with Gasteiger partial charge in [-0.25, -0.2) is 0 Å². The minimum atomic E-state index is -0.154. The quantitative estimate of drug-likeness (QED) is 0.573. The van der Waals surface area contributed by atoms with Crippen molar-refractivity contribution < 1.29 is 9.47 Å². The molecule has 0 aromatic carbocycles. The van der Waals surface area contributed by atoms with Crippen LogP contribution in [0.25, 0.3) is 0 Å². The summed E-state index contributed by atoms with van der Waals surface area (Å²) in [4.78, 5) is -0.154. The van der Waals surface area contributed by atoms with E-state index in [1.54, 1.807) is 7.11 Å². The van der Waals surface area contributed by atoms with Gasteiger partial charge in [-0.2, -0.15) is 0 Å². The van der Waals surface area contributed by atoms with E-state index >= 15 is 0 Å². The van der Waals surface area contributed by atoms with Crippen molar-refractivity contribution in [3.8, 4) is 0 Å². The second kappa shape index (κ2) is 3.30. The highest BCUT2D eigenvalue weighted by Gasteiger charge is 2.34. The van der Waals surface area contributed by atoms with Crippen molar-refractivity contribution in [2.24, 2.45) is 0 Å². The van der Waals surface area contributed by atoms with Crippen LogP contribution in [0.5, 0.6) is 0 Å². The largest absolute Gasteiger partial charge is 0.356 e. The van der Waals surface area contributed by atoms with Gasteiger partial charge in [-0.15, -0.1) is 11.6 Å². The molecule has 1 fully saturated rings. The van der Waals surface area contributed by atoms with Crippen molar-refractivity contribution >= 4 is 11.6 Å². The van der Waals surface area contributed by atoms with Gasteiger partial charge in [0.25, 0.3) is 0 Å². The summed E-state index contributed by atoms with van der Waals surface area (Å²) in [7, 11) is 1.65. The van der Waals surface area contributed by atoms with E-state index in [-0.39, 0.29) is 17.3 Å². The smallest absolute Gasteiger partial charge is 0.159 e. The molecule has 0 unspecified atom stereocenters. The second-order valence-electron chi connectivity index (χ2n) is 3.43. The Morgan fingerprint density at radius 3 is 2.64 bits per heavy atom. The first-order valence-corrected chi connectivity index (χ1v) is 4.28. The van der Waals surface area contributed by atoms with Crippen molar-refractivity contribution in [2.45, 2.75) is 44.0 Å². The van der Waals surface area contributed by atoms with E-state index in [1.807, 2.05) is 13.8 Å². The summed E-state index contributed by atoms with van der Waals surface area (Å²) in [6, 6.07) is 0. The molecule has 0 radical (unpaired) electrons. The Hall–Kier alpha value is 0.210. The van der Waals surface area contributed by atoms with Crippen LogP contribution in [0.3, 0.4) is 0 Å². The van der Waals surface area contributed by atoms with Gasteiger partial charge in [-0.1, -0.05) is 0 Å². The van der Waals surface area contributed by atoms with Crippen molar-refractivity contribution in [2.75, 3.05) is 7.11 Å². The Bertz CT molecular complexity index is 136. The van der Waals surface area contributed by atoms with Crippen LogP contribution in [0.15, 0.2) is 0 Å². The summed E-state index contributed by atoms with van der Waals surface area (Å²) >= 11 is 6.18. The number of ether oxygens (including phenoxy) is 2. The first-order chi connectivity index (χ1) is 5.03. The molecule has 3 atom stereocenters. The van der Waals surface area contributed by atoms with Crippen LogP contribution in [-0.4, -0.2) is 24.4 Å². The molecule has 0 spiro atoms. The van der Waals surface area contributed by atoms with Crippen LogP contribution < -0.4 is 0 Å². The molecule has 1 heterocycles. The van der Waals surface area contributed by atoms with Crippen molar-refractivity contribution in [1.82, 2.24) is 0 Å². The van der Waals surface area contributed by atoms with Gasteiger partial charge in [0.2, 0.25) is 0 Å². The van der Waals surface area contributed by atoms with Crippen molar-refractivity contribution in [1.29, 1.82) is 0 Å². The number of halogens is 1. The molecule has 1 aliphatic rings. The minimum absolute atomic E-state index is 0.124. The van der Waals surface area contributed by atoms with Crippen LogP contribution in [-0.2, 0) is 9.47 Å². The molecule has 0 N–H and O–H groups in total. The Balaban J connectivity index is 2.51. The number of alkyl halides is 1. The van der Waals surface area contributed by atoms with E-state index in [9.17, 15) is 0 Å². The van der Waals surface area contributed by atoms with E-state index in [2.05, 4.69) is 0 Å². The topological polar surface area (TPSA) is 18.5 Å². The van der Waals surface area contributed by atoms with Crippen LogP contribution in [0.2, 0.25) is 0 Å². The Morgan fingerprint density at radius 2 is 2.18 bits per heavy atom. The minimum Gasteiger partial charge on any atom is -0.356 e. The van der Waals surface area contributed by atoms with Crippen LogP contribution in [0, 0.1) is 0 Å². The zero-order valence-corrected chi connectivity index (χ0v) is 8.02. The highest BCUT2D eigenvalue weighted by Crippen LogP contribution is 2.33. The summed E-state index contributed by atoms with van der Waals surface area (Å²) in [5.74, 6) is 0. The summed E-state index contributed by atoms with van der Waals surface area (Å²) < 4.78 is 10.6. The third kappa shape index (κ3) is 2.62. The van der Waals surface area contributed by atoms with Gasteiger partial charge in [-0.05, 0) is 20.3 Å². The molecule has 1 aliphatic heterocycles. The molecule has 1 rings (SSSR count). The maximum Gasteiger partial charge on any atom is 0.159 e. The van der Waals surface area contributed by atoms with E-state index < -0.39 is 0 Å². The maximum absolute atomic E-state index is 6.18.